The maximum atomic E-state index is 11.8. The number of carbonyl (C=O) groups excluding carboxylic acids is 1. The molecule has 0 radical (unpaired) electrons. The summed E-state index contributed by atoms with van der Waals surface area (Å²) in [5.74, 6) is -0.0900. The lowest BCUT2D eigenvalue weighted by Gasteiger charge is -2.33. The summed E-state index contributed by atoms with van der Waals surface area (Å²) in [6.07, 6.45) is -2.02. The minimum atomic E-state index is -3.34. The van der Waals surface area contributed by atoms with E-state index < -0.39 is 42.1 Å². The Morgan fingerprint density at radius 1 is 1.27 bits per heavy atom. The molecule has 2 aromatic carbocycles. The van der Waals surface area contributed by atoms with Crippen LogP contribution in [0.1, 0.15) is 18.7 Å². The molecule has 2 aliphatic heterocycles. The van der Waals surface area contributed by atoms with Crippen LogP contribution in [0.15, 0.2) is 54.9 Å². The number of carbonyl (C=O) groups is 1. The Balaban J connectivity index is 1.22. The van der Waals surface area contributed by atoms with Gasteiger partial charge < -0.3 is 19.1 Å². The van der Waals surface area contributed by atoms with Gasteiger partial charge in [-0.1, -0.05) is 35.9 Å². The summed E-state index contributed by atoms with van der Waals surface area (Å²) in [7, 11) is 0. The molecule has 4 heterocycles. The molecule has 230 valence electrons. The third kappa shape index (κ3) is 6.23. The smallest absolute Gasteiger partial charge is 0.381 e. The Kier molecular flexibility index (Phi) is 8.48. The third-order valence-electron chi connectivity index (χ3n) is 6.73. The lowest BCUT2D eigenvalue weighted by molar-refractivity contribution is -0.384. The first-order valence-corrected chi connectivity index (χ1v) is 16.1. The van der Waals surface area contributed by atoms with E-state index in [1.807, 2.05) is 0 Å². The largest absolute Gasteiger partial charge is 0.476 e. The summed E-state index contributed by atoms with van der Waals surface area (Å²) < 4.78 is 31.1. The molecule has 2 fully saturated rings. The van der Waals surface area contributed by atoms with Gasteiger partial charge in [-0.3, -0.25) is 33.8 Å². The second kappa shape index (κ2) is 12.3. The summed E-state index contributed by atoms with van der Waals surface area (Å²) in [6.45, 7) is -1.90. The molecule has 2 aliphatic rings. The van der Waals surface area contributed by atoms with Crippen molar-refractivity contribution >= 4 is 58.8 Å². The molecule has 44 heavy (non-hydrogen) atoms. The third-order valence-corrected chi connectivity index (χ3v) is 9.23. The number of aliphatic hydroxyl groups excluding tert-OH is 1. The number of anilines is 1. The number of fused-ring (bicyclic) bond motifs is 2. The summed E-state index contributed by atoms with van der Waals surface area (Å²) in [4.78, 5) is 35.4. The number of rotatable bonds is 9. The van der Waals surface area contributed by atoms with Gasteiger partial charge in [-0.05, 0) is 17.7 Å². The van der Waals surface area contributed by atoms with Crippen LogP contribution in [0.4, 0.5) is 11.6 Å². The average molecular weight is 663 g/mol. The topological polar surface area (TPSA) is 182 Å². The molecule has 2 saturated heterocycles. The van der Waals surface area contributed by atoms with E-state index >= 15 is 0 Å². The lowest BCUT2D eigenvalue weighted by Crippen LogP contribution is -2.39. The maximum absolute atomic E-state index is 11.8. The second-order valence-corrected chi connectivity index (χ2v) is 13.1. The highest BCUT2D eigenvalue weighted by molar-refractivity contribution is 8.07. The first-order valence-electron chi connectivity index (χ1n) is 13.2. The zero-order chi connectivity index (χ0) is 31.0. The summed E-state index contributed by atoms with van der Waals surface area (Å²) in [6, 6.07) is 12.8. The first kappa shape index (κ1) is 30.3. The second-order valence-electron chi connectivity index (χ2n) is 9.77. The van der Waals surface area contributed by atoms with Crippen molar-refractivity contribution in [1.29, 1.82) is 0 Å². The number of para-hydroxylation sites is 1. The number of amides is 1. The number of halogens is 1. The minimum Gasteiger partial charge on any atom is -0.476 e. The van der Waals surface area contributed by atoms with Gasteiger partial charge in [0, 0.05) is 37.3 Å². The van der Waals surface area contributed by atoms with Crippen molar-refractivity contribution in [2.24, 2.45) is 0 Å². The van der Waals surface area contributed by atoms with Crippen LogP contribution in [0, 0.1) is 10.1 Å². The van der Waals surface area contributed by atoms with Crippen LogP contribution >= 0.6 is 18.3 Å². The highest BCUT2D eigenvalue weighted by Gasteiger charge is 2.52. The quantitative estimate of drug-likeness (QED) is 0.149. The van der Waals surface area contributed by atoms with E-state index in [1.54, 1.807) is 36.4 Å². The van der Waals surface area contributed by atoms with Gasteiger partial charge in [-0.15, -0.1) is 0 Å². The number of nitrogens with one attached hydrogen (secondary N) is 1. The highest BCUT2D eigenvalue weighted by atomic mass is 35.5. The molecule has 0 spiro atoms. The number of aromatic nitrogens is 4. The number of imidazole rings is 1. The number of benzene rings is 2. The Labute approximate surface area is 259 Å². The van der Waals surface area contributed by atoms with Gasteiger partial charge in [0.15, 0.2) is 17.4 Å². The van der Waals surface area contributed by atoms with Gasteiger partial charge in [0.25, 0.3) is 5.69 Å². The van der Waals surface area contributed by atoms with Crippen LogP contribution in [-0.4, -0.2) is 67.0 Å². The van der Waals surface area contributed by atoms with Crippen LogP contribution in [0.3, 0.4) is 0 Å². The number of ether oxygens (including phenoxy) is 2. The summed E-state index contributed by atoms with van der Waals surface area (Å²) in [5.41, 5.74) is 1.25. The number of nitro groups is 1. The number of hydrogen-bond acceptors (Lipinski definition) is 13. The van der Waals surface area contributed by atoms with E-state index in [0.29, 0.717) is 17.2 Å². The fraction of sp³-hybridized carbons (Fsp3) is 0.308. The molecular weight excluding hydrogens is 639 g/mol. The maximum Gasteiger partial charge on any atom is 0.381 e. The minimum absolute atomic E-state index is 0.00425. The summed E-state index contributed by atoms with van der Waals surface area (Å²) in [5, 5.41) is 25.1. The molecule has 3 unspecified atom stereocenters. The molecule has 0 saturated carbocycles. The van der Waals surface area contributed by atoms with Gasteiger partial charge >= 0.3 is 6.72 Å². The normalized spacial score (nSPS) is 24.5. The number of nitro benzene ring substituents is 1. The number of hydrogen-bond donors (Lipinski definition) is 2. The van der Waals surface area contributed by atoms with Gasteiger partial charge in [0.05, 0.1) is 29.5 Å². The van der Waals surface area contributed by atoms with E-state index in [0.717, 1.165) is 5.56 Å². The zero-order valence-electron chi connectivity index (χ0n) is 22.8. The monoisotopic (exact) mass is 662 g/mol. The molecule has 0 aliphatic carbocycles. The predicted octanol–water partition coefficient (Wildman–Crippen LogP) is 3.95. The Bertz CT molecular complexity index is 1780. The Morgan fingerprint density at radius 2 is 2.05 bits per heavy atom. The Hall–Kier alpha value is -3.76. The van der Waals surface area contributed by atoms with Crippen molar-refractivity contribution in [3.63, 3.8) is 0 Å². The highest BCUT2D eigenvalue weighted by Crippen LogP contribution is 2.57. The van der Waals surface area contributed by atoms with Crippen molar-refractivity contribution in [2.45, 2.75) is 37.9 Å². The van der Waals surface area contributed by atoms with E-state index in [9.17, 15) is 20.0 Å². The lowest BCUT2D eigenvalue weighted by atomic mass is 10.1. The van der Waals surface area contributed by atoms with E-state index in [-0.39, 0.29) is 41.9 Å². The van der Waals surface area contributed by atoms with E-state index in [1.165, 1.54) is 30.0 Å². The fourth-order valence-electron chi connectivity index (χ4n) is 4.69. The first-order chi connectivity index (χ1) is 21.1. The SMILES string of the molecule is CC(=O)Nc1nc(OCCc2ccc([N+](=O)[O-])cc2)c2ncn([C@@H]3O[C@@H]4COP(=S)(Oc5ccccc5Cl)OC4C3O)c2n1. The van der Waals surface area contributed by atoms with Crippen molar-refractivity contribution < 1.29 is 37.9 Å². The summed E-state index contributed by atoms with van der Waals surface area (Å²) >= 11 is 11.8. The molecule has 4 aromatic rings. The number of aliphatic hydroxyl groups is 1. The van der Waals surface area contributed by atoms with Gasteiger partial charge in [-0.25, -0.2) is 4.98 Å². The standard InChI is InChI=1S/C26H24ClN6O9PS/c1-14(34)29-26-30-23-20(24(31-26)38-11-10-15-6-8-16(9-7-15)33(36)37)28-13-32(23)25-21(35)22-19(40-25)12-39-43(44,42-22)41-18-5-3-2-4-17(18)27/h2-9,13,19,21-22,25,35H,10-12H2,1H3,(H,29,30,31,34)/t19-,21?,22?,25-,43?/m1/s1. The fourth-order valence-corrected chi connectivity index (χ4v) is 7.08. The van der Waals surface area contributed by atoms with Crippen LogP contribution in [0.5, 0.6) is 11.6 Å². The Morgan fingerprint density at radius 3 is 2.77 bits per heavy atom. The van der Waals surface area contributed by atoms with Crippen LogP contribution in [0.25, 0.3) is 11.2 Å². The molecule has 0 bridgehead atoms. The van der Waals surface area contributed by atoms with Gasteiger partial charge in [0.2, 0.25) is 17.7 Å². The van der Waals surface area contributed by atoms with Crippen molar-refractivity contribution in [3.05, 3.63) is 75.6 Å². The van der Waals surface area contributed by atoms with Crippen molar-refractivity contribution in [1.82, 2.24) is 19.5 Å². The predicted molar refractivity (Wildman–Crippen MR) is 159 cm³/mol. The van der Waals surface area contributed by atoms with Crippen molar-refractivity contribution in [3.8, 4) is 11.6 Å². The molecule has 2 N–H and O–H groups in total. The molecule has 1 amide bonds. The molecule has 18 heteroatoms. The van der Waals surface area contributed by atoms with Crippen LogP contribution in [-0.2, 0) is 36.8 Å². The zero-order valence-corrected chi connectivity index (χ0v) is 25.3. The average Bonchev–Trinajstić information content (AvgIpc) is 3.54. The van der Waals surface area contributed by atoms with Gasteiger partial charge in [-0.2, -0.15) is 9.97 Å². The number of non-ortho nitro benzene ring substituents is 1. The van der Waals surface area contributed by atoms with Crippen LogP contribution < -0.4 is 14.6 Å². The molecule has 15 nitrogen and oxygen atoms in total. The van der Waals surface area contributed by atoms with E-state index in [2.05, 4.69) is 20.3 Å². The molecule has 5 atom stereocenters. The number of nitrogens with zero attached hydrogens (tertiary/aromatic N) is 5. The van der Waals surface area contributed by atoms with Crippen LogP contribution in [0.2, 0.25) is 5.02 Å². The van der Waals surface area contributed by atoms with E-state index in [4.69, 9.17) is 46.5 Å². The molecular formula is C26H24ClN6O9PS. The van der Waals surface area contributed by atoms with Crippen molar-refractivity contribution in [2.75, 3.05) is 18.5 Å². The van der Waals surface area contributed by atoms with Gasteiger partial charge in [0.1, 0.15) is 24.1 Å². The molecule has 6 rings (SSSR count). The molecule has 2 aromatic heterocycles.